The fourth-order valence-corrected chi connectivity index (χ4v) is 1.14. The van der Waals surface area contributed by atoms with Crippen LogP contribution in [0.5, 0.6) is 0 Å². The molecular weight excluding hydrogens is 205 g/mol. The molecule has 14 heavy (non-hydrogen) atoms. The maximum Gasteiger partial charge on any atom is 0.248 e. The first kappa shape index (κ1) is 10.7. The second-order valence-electron chi connectivity index (χ2n) is 2.59. The molecule has 0 heterocycles. The van der Waals surface area contributed by atoms with Gasteiger partial charge in [0.05, 0.1) is 10.7 Å². The van der Waals surface area contributed by atoms with Crippen LogP contribution in [0, 0.1) is 5.82 Å². The number of anilines is 1. The molecule has 0 aliphatic heterocycles. The van der Waals surface area contributed by atoms with E-state index in [4.69, 9.17) is 11.6 Å². The molecule has 1 N–H and O–H groups in total. The number of amides is 1. The Morgan fingerprint density at radius 3 is 2.86 bits per heavy atom. The van der Waals surface area contributed by atoms with Crippen molar-refractivity contribution in [3.05, 3.63) is 41.2 Å². The van der Waals surface area contributed by atoms with Crippen LogP contribution in [0.1, 0.15) is 6.92 Å². The number of carbonyl (C=O) groups excluding carboxylic acids is 1. The number of hydrogen-bond donors (Lipinski definition) is 1. The number of halogens is 2. The van der Waals surface area contributed by atoms with Crippen molar-refractivity contribution in [1.82, 2.24) is 0 Å². The molecule has 0 aliphatic rings. The number of nitrogens with one attached hydrogen (secondary N) is 1. The minimum Gasteiger partial charge on any atom is -0.319 e. The number of rotatable bonds is 2. The van der Waals surface area contributed by atoms with Crippen LogP contribution >= 0.6 is 11.6 Å². The number of benzene rings is 1. The Hall–Kier alpha value is -1.35. The lowest BCUT2D eigenvalue weighted by atomic mass is 10.3. The summed E-state index contributed by atoms with van der Waals surface area (Å²) in [5.74, 6) is -0.949. The molecule has 0 fully saturated rings. The highest BCUT2D eigenvalue weighted by atomic mass is 35.5. The van der Waals surface area contributed by atoms with Gasteiger partial charge in [0.1, 0.15) is 5.82 Å². The topological polar surface area (TPSA) is 29.1 Å². The van der Waals surface area contributed by atoms with Gasteiger partial charge < -0.3 is 5.32 Å². The van der Waals surface area contributed by atoms with Crippen LogP contribution in [0.15, 0.2) is 30.4 Å². The maximum atomic E-state index is 13.1. The molecule has 74 valence electrons. The molecule has 1 aromatic carbocycles. The number of hydrogen-bond acceptors (Lipinski definition) is 1. The molecule has 1 aromatic rings. The van der Waals surface area contributed by atoms with Crippen molar-refractivity contribution in [2.24, 2.45) is 0 Å². The van der Waals surface area contributed by atoms with E-state index in [1.165, 1.54) is 24.3 Å². The van der Waals surface area contributed by atoms with Gasteiger partial charge in [-0.05, 0) is 25.1 Å². The predicted molar refractivity (Wildman–Crippen MR) is 54.9 cm³/mol. The van der Waals surface area contributed by atoms with Crippen molar-refractivity contribution in [1.29, 1.82) is 0 Å². The Morgan fingerprint density at radius 2 is 2.29 bits per heavy atom. The molecule has 0 saturated carbocycles. The van der Waals surface area contributed by atoms with Gasteiger partial charge in [0.2, 0.25) is 5.91 Å². The van der Waals surface area contributed by atoms with Crippen molar-refractivity contribution in [2.45, 2.75) is 6.92 Å². The first-order valence-electron chi connectivity index (χ1n) is 4.03. The molecule has 0 unspecified atom stereocenters. The van der Waals surface area contributed by atoms with E-state index in [0.717, 1.165) is 0 Å². The van der Waals surface area contributed by atoms with Gasteiger partial charge in [-0.15, -0.1) is 0 Å². The van der Waals surface area contributed by atoms with Gasteiger partial charge in [-0.25, -0.2) is 4.39 Å². The van der Waals surface area contributed by atoms with Crippen LogP contribution in [0.4, 0.5) is 10.1 Å². The molecule has 0 saturated heterocycles. The van der Waals surface area contributed by atoms with E-state index in [1.807, 2.05) is 0 Å². The Kier molecular flexibility index (Phi) is 3.65. The molecule has 0 aromatic heterocycles. The minimum absolute atomic E-state index is 0.0114. The number of allylic oxidation sites excluding steroid dienone is 1. The summed E-state index contributed by atoms with van der Waals surface area (Å²) in [7, 11) is 0. The molecule has 4 heteroatoms. The lowest BCUT2D eigenvalue weighted by molar-refractivity contribution is -0.111. The Morgan fingerprint density at radius 1 is 1.57 bits per heavy atom. The van der Waals surface area contributed by atoms with E-state index in [-0.39, 0.29) is 10.7 Å². The summed E-state index contributed by atoms with van der Waals surface area (Å²) in [5.41, 5.74) is 0.0114. The summed E-state index contributed by atoms with van der Waals surface area (Å²) in [4.78, 5) is 11.1. The van der Waals surface area contributed by atoms with Crippen molar-refractivity contribution in [3.8, 4) is 0 Å². The smallest absolute Gasteiger partial charge is 0.248 e. The average molecular weight is 214 g/mol. The number of carbonyl (C=O) groups is 1. The Bertz CT molecular complexity index is 356. The largest absolute Gasteiger partial charge is 0.319 e. The zero-order valence-electron chi connectivity index (χ0n) is 7.55. The Labute approximate surface area is 86.4 Å². The quantitative estimate of drug-likeness (QED) is 0.752. The number of para-hydroxylation sites is 1. The second-order valence-corrected chi connectivity index (χ2v) is 2.99. The first-order chi connectivity index (χ1) is 6.65. The highest BCUT2D eigenvalue weighted by Gasteiger charge is 2.07. The van der Waals surface area contributed by atoms with E-state index in [1.54, 1.807) is 13.0 Å². The van der Waals surface area contributed by atoms with E-state index < -0.39 is 11.7 Å². The second kappa shape index (κ2) is 4.77. The van der Waals surface area contributed by atoms with Gasteiger partial charge in [-0.3, -0.25) is 4.79 Å². The molecule has 0 spiro atoms. The van der Waals surface area contributed by atoms with Crippen molar-refractivity contribution in [2.75, 3.05) is 5.32 Å². The highest BCUT2D eigenvalue weighted by Crippen LogP contribution is 2.24. The lowest BCUT2D eigenvalue weighted by Gasteiger charge is -2.05. The first-order valence-corrected chi connectivity index (χ1v) is 4.40. The molecule has 1 rings (SSSR count). The Balaban J connectivity index is 2.91. The van der Waals surface area contributed by atoms with Crippen LogP contribution < -0.4 is 5.32 Å². The fourth-order valence-electron chi connectivity index (χ4n) is 0.933. The van der Waals surface area contributed by atoms with Crippen molar-refractivity contribution in [3.63, 3.8) is 0 Å². The third-order valence-corrected chi connectivity index (χ3v) is 1.84. The summed E-state index contributed by atoms with van der Waals surface area (Å²) in [6.45, 7) is 1.70. The maximum absolute atomic E-state index is 13.1. The third kappa shape index (κ3) is 2.57. The summed E-state index contributed by atoms with van der Waals surface area (Å²) in [5, 5.41) is 2.53. The monoisotopic (exact) mass is 213 g/mol. The molecule has 0 atom stereocenters. The zero-order chi connectivity index (χ0) is 10.6. The van der Waals surface area contributed by atoms with Crippen molar-refractivity contribution >= 4 is 23.2 Å². The van der Waals surface area contributed by atoms with Gasteiger partial charge in [-0.1, -0.05) is 23.7 Å². The van der Waals surface area contributed by atoms with Crippen molar-refractivity contribution < 1.29 is 9.18 Å². The fraction of sp³-hybridized carbons (Fsp3) is 0.100. The van der Waals surface area contributed by atoms with Crippen LogP contribution in [0.3, 0.4) is 0 Å². The predicted octanol–water partition coefficient (Wildman–Crippen LogP) is 2.99. The summed E-state index contributed by atoms with van der Waals surface area (Å²) in [6.07, 6.45) is 2.85. The van der Waals surface area contributed by atoms with E-state index in [9.17, 15) is 9.18 Å². The normalized spacial score (nSPS) is 10.5. The van der Waals surface area contributed by atoms with Crippen LogP contribution in [0.25, 0.3) is 0 Å². The average Bonchev–Trinajstić information content (AvgIpc) is 2.12. The van der Waals surface area contributed by atoms with Crippen LogP contribution in [0.2, 0.25) is 5.02 Å². The van der Waals surface area contributed by atoms with Crippen LogP contribution in [-0.2, 0) is 4.79 Å². The van der Waals surface area contributed by atoms with Gasteiger partial charge in [-0.2, -0.15) is 0 Å². The van der Waals surface area contributed by atoms with E-state index >= 15 is 0 Å². The van der Waals surface area contributed by atoms with Gasteiger partial charge in [0, 0.05) is 0 Å². The van der Waals surface area contributed by atoms with Crippen LogP contribution in [-0.4, -0.2) is 5.91 Å². The lowest BCUT2D eigenvalue weighted by Crippen LogP contribution is -2.09. The SMILES string of the molecule is C/C=C/C(=O)Nc1c(F)cccc1Cl. The van der Waals surface area contributed by atoms with Gasteiger partial charge in [0.15, 0.2) is 0 Å². The standard InChI is InChI=1S/C10H9ClFNO/c1-2-4-9(14)13-10-7(11)5-3-6-8(10)12/h2-6H,1H3,(H,13,14)/b4-2+. The third-order valence-electron chi connectivity index (χ3n) is 1.53. The minimum atomic E-state index is -0.546. The molecule has 0 aliphatic carbocycles. The van der Waals surface area contributed by atoms with Gasteiger partial charge >= 0.3 is 0 Å². The molecule has 0 radical (unpaired) electrons. The highest BCUT2D eigenvalue weighted by molar-refractivity contribution is 6.33. The summed E-state index contributed by atoms with van der Waals surface area (Å²) in [6, 6.07) is 4.22. The molecule has 0 bridgehead atoms. The zero-order valence-corrected chi connectivity index (χ0v) is 8.31. The summed E-state index contributed by atoms with van der Waals surface area (Å²) >= 11 is 5.69. The van der Waals surface area contributed by atoms with E-state index in [2.05, 4.69) is 5.32 Å². The van der Waals surface area contributed by atoms with E-state index in [0.29, 0.717) is 0 Å². The molecular formula is C10H9ClFNO. The molecule has 1 amide bonds. The summed E-state index contributed by atoms with van der Waals surface area (Å²) < 4.78 is 13.1. The van der Waals surface area contributed by atoms with Gasteiger partial charge in [0.25, 0.3) is 0 Å². The molecule has 2 nitrogen and oxygen atoms in total.